The maximum absolute atomic E-state index is 12.4. The molecule has 0 aliphatic heterocycles. The first kappa shape index (κ1) is 16.4. The van der Waals surface area contributed by atoms with Crippen molar-refractivity contribution in [2.75, 3.05) is 6.61 Å². The smallest absolute Gasteiger partial charge is 0.308 e. The molecule has 1 aromatic carbocycles. The zero-order valence-corrected chi connectivity index (χ0v) is 12.6. The number of pyridine rings is 1. The van der Waals surface area contributed by atoms with Gasteiger partial charge in [-0.3, -0.25) is 19.4 Å². The number of nitrogens with zero attached hydrogens (tertiary/aromatic N) is 1. The van der Waals surface area contributed by atoms with E-state index >= 15 is 0 Å². The number of hydrogen-bond donors (Lipinski definition) is 2. The molecular formula is C16H17N3O4. The number of nitrogens with two attached hydrogens (primary N) is 1. The summed E-state index contributed by atoms with van der Waals surface area (Å²) in [7, 11) is 0. The molecule has 7 nitrogen and oxygen atoms in total. The Labute approximate surface area is 132 Å². The topological polar surface area (TPSA) is 111 Å². The summed E-state index contributed by atoms with van der Waals surface area (Å²) in [6, 6.07) is 7.57. The van der Waals surface area contributed by atoms with Gasteiger partial charge in [0.25, 0.3) is 5.91 Å². The highest BCUT2D eigenvalue weighted by Gasteiger charge is 2.23. The van der Waals surface area contributed by atoms with E-state index < -0.39 is 23.8 Å². The summed E-state index contributed by atoms with van der Waals surface area (Å²) in [5, 5.41) is 3.25. The Hall–Kier alpha value is -2.96. The number of carbonyl (C=O) groups excluding carboxylic acids is 3. The lowest BCUT2D eigenvalue weighted by molar-refractivity contribution is -0.145. The van der Waals surface area contributed by atoms with Crippen LogP contribution in [-0.2, 0) is 14.3 Å². The van der Waals surface area contributed by atoms with Crippen LogP contribution in [0.1, 0.15) is 23.7 Å². The highest BCUT2D eigenvalue weighted by molar-refractivity contribution is 6.06. The van der Waals surface area contributed by atoms with Crippen molar-refractivity contribution in [3.63, 3.8) is 0 Å². The average Bonchev–Trinajstić information content (AvgIpc) is 2.53. The number of fused-ring (bicyclic) bond motifs is 1. The molecule has 1 atom stereocenters. The van der Waals surface area contributed by atoms with E-state index in [9.17, 15) is 14.4 Å². The lowest BCUT2D eigenvalue weighted by Gasteiger charge is -2.15. The minimum Gasteiger partial charge on any atom is -0.466 e. The van der Waals surface area contributed by atoms with Crippen molar-refractivity contribution in [1.82, 2.24) is 10.3 Å². The SMILES string of the molecule is CCOC(=O)C[C@H](NC(=O)c1cccc2cccnc12)C(N)=O. The molecule has 0 aliphatic rings. The maximum Gasteiger partial charge on any atom is 0.308 e. The van der Waals surface area contributed by atoms with Gasteiger partial charge in [0, 0.05) is 11.6 Å². The van der Waals surface area contributed by atoms with Crippen LogP contribution in [0.4, 0.5) is 0 Å². The third-order valence-electron chi connectivity index (χ3n) is 3.20. The quantitative estimate of drug-likeness (QED) is 0.765. The standard InChI is InChI=1S/C16H17N3O4/c1-2-23-13(20)9-12(15(17)21)19-16(22)11-7-3-5-10-6-4-8-18-14(10)11/h3-8,12H,2,9H2,1H3,(H2,17,21)(H,19,22)/t12-/m0/s1. The molecule has 0 saturated carbocycles. The number of aromatic nitrogens is 1. The molecule has 0 aliphatic carbocycles. The number of primary amides is 1. The van der Waals surface area contributed by atoms with E-state index in [0.29, 0.717) is 11.1 Å². The Balaban J connectivity index is 2.21. The number of ether oxygens (including phenoxy) is 1. The molecular weight excluding hydrogens is 298 g/mol. The zero-order valence-electron chi connectivity index (χ0n) is 12.6. The van der Waals surface area contributed by atoms with E-state index in [2.05, 4.69) is 10.3 Å². The summed E-state index contributed by atoms with van der Waals surface area (Å²) in [6.07, 6.45) is 1.26. The number of hydrogen-bond acceptors (Lipinski definition) is 5. The van der Waals surface area contributed by atoms with Gasteiger partial charge in [-0.05, 0) is 19.1 Å². The molecule has 0 unspecified atom stereocenters. The Morgan fingerprint density at radius 2 is 2.00 bits per heavy atom. The van der Waals surface area contributed by atoms with Crippen LogP contribution in [0, 0.1) is 0 Å². The van der Waals surface area contributed by atoms with Crippen molar-refractivity contribution in [3.05, 3.63) is 42.1 Å². The Morgan fingerprint density at radius 1 is 1.26 bits per heavy atom. The number of esters is 1. The van der Waals surface area contributed by atoms with E-state index in [4.69, 9.17) is 10.5 Å². The minimum absolute atomic E-state index is 0.186. The third kappa shape index (κ3) is 4.03. The molecule has 7 heteroatoms. The molecule has 2 rings (SSSR count). The van der Waals surface area contributed by atoms with Gasteiger partial charge in [0.2, 0.25) is 5.91 Å². The van der Waals surface area contributed by atoms with Gasteiger partial charge in [-0.25, -0.2) is 0 Å². The van der Waals surface area contributed by atoms with E-state index in [0.717, 1.165) is 5.39 Å². The number of amides is 2. The number of para-hydroxylation sites is 1. The first-order valence-electron chi connectivity index (χ1n) is 7.12. The molecule has 2 amide bonds. The van der Waals surface area contributed by atoms with Crippen LogP contribution in [0.25, 0.3) is 10.9 Å². The van der Waals surface area contributed by atoms with Crippen molar-refractivity contribution in [3.8, 4) is 0 Å². The fourth-order valence-corrected chi connectivity index (χ4v) is 2.13. The zero-order chi connectivity index (χ0) is 16.8. The van der Waals surface area contributed by atoms with Crippen LogP contribution in [0.15, 0.2) is 36.5 Å². The second kappa shape index (κ2) is 7.35. The van der Waals surface area contributed by atoms with Gasteiger partial charge in [-0.15, -0.1) is 0 Å². The predicted octanol–water partition coefficient (Wildman–Crippen LogP) is 0.772. The van der Waals surface area contributed by atoms with Gasteiger partial charge in [-0.2, -0.15) is 0 Å². The molecule has 1 aromatic heterocycles. The molecule has 0 radical (unpaired) electrons. The van der Waals surface area contributed by atoms with E-state index in [1.807, 2.05) is 12.1 Å². The Bertz CT molecular complexity index is 740. The van der Waals surface area contributed by atoms with Crippen LogP contribution in [0.3, 0.4) is 0 Å². The van der Waals surface area contributed by atoms with Crippen molar-refractivity contribution in [2.45, 2.75) is 19.4 Å². The molecule has 2 aromatic rings. The van der Waals surface area contributed by atoms with Crippen LogP contribution >= 0.6 is 0 Å². The van der Waals surface area contributed by atoms with Gasteiger partial charge >= 0.3 is 5.97 Å². The lowest BCUT2D eigenvalue weighted by Crippen LogP contribution is -2.46. The van der Waals surface area contributed by atoms with Gasteiger partial charge < -0.3 is 15.8 Å². The molecule has 0 bridgehead atoms. The summed E-state index contributed by atoms with van der Waals surface area (Å²) >= 11 is 0. The molecule has 1 heterocycles. The largest absolute Gasteiger partial charge is 0.466 e. The van der Waals surface area contributed by atoms with Crippen LogP contribution < -0.4 is 11.1 Å². The van der Waals surface area contributed by atoms with Crippen molar-refractivity contribution >= 4 is 28.7 Å². The predicted molar refractivity (Wildman–Crippen MR) is 83.4 cm³/mol. The number of rotatable bonds is 6. The van der Waals surface area contributed by atoms with E-state index in [1.165, 1.54) is 0 Å². The first-order valence-corrected chi connectivity index (χ1v) is 7.12. The second-order valence-corrected chi connectivity index (χ2v) is 4.82. The van der Waals surface area contributed by atoms with E-state index in [1.54, 1.807) is 31.3 Å². The van der Waals surface area contributed by atoms with E-state index in [-0.39, 0.29) is 13.0 Å². The van der Waals surface area contributed by atoms with Crippen molar-refractivity contribution < 1.29 is 19.1 Å². The minimum atomic E-state index is -1.14. The fourth-order valence-electron chi connectivity index (χ4n) is 2.13. The number of benzene rings is 1. The summed E-state index contributed by atoms with van der Waals surface area (Å²) in [4.78, 5) is 39.5. The fraction of sp³-hybridized carbons (Fsp3) is 0.250. The number of nitrogens with one attached hydrogen (secondary N) is 1. The summed E-state index contributed by atoms with van der Waals surface area (Å²) in [5.41, 5.74) is 6.05. The Kier molecular flexibility index (Phi) is 5.24. The molecule has 0 saturated heterocycles. The lowest BCUT2D eigenvalue weighted by atomic mass is 10.1. The molecule has 0 spiro atoms. The van der Waals surface area contributed by atoms with Crippen LogP contribution in [-0.4, -0.2) is 35.4 Å². The number of carbonyl (C=O) groups is 3. The van der Waals surface area contributed by atoms with Gasteiger partial charge in [0.1, 0.15) is 6.04 Å². The average molecular weight is 315 g/mol. The monoisotopic (exact) mass is 315 g/mol. The Morgan fingerprint density at radius 3 is 2.70 bits per heavy atom. The summed E-state index contributed by atoms with van der Waals surface area (Å²) in [6.45, 7) is 1.84. The summed E-state index contributed by atoms with van der Waals surface area (Å²) in [5.74, 6) is -1.94. The first-order chi connectivity index (χ1) is 11.0. The highest BCUT2D eigenvalue weighted by Crippen LogP contribution is 2.16. The molecule has 23 heavy (non-hydrogen) atoms. The molecule has 0 fully saturated rings. The molecule has 3 N–H and O–H groups in total. The molecule has 120 valence electrons. The van der Waals surface area contributed by atoms with Gasteiger partial charge in [0.15, 0.2) is 0 Å². The van der Waals surface area contributed by atoms with Crippen LogP contribution in [0.5, 0.6) is 0 Å². The van der Waals surface area contributed by atoms with Crippen molar-refractivity contribution in [2.24, 2.45) is 5.73 Å². The van der Waals surface area contributed by atoms with Gasteiger partial charge in [-0.1, -0.05) is 18.2 Å². The normalized spacial score (nSPS) is 11.7. The van der Waals surface area contributed by atoms with Crippen LogP contribution in [0.2, 0.25) is 0 Å². The van der Waals surface area contributed by atoms with Crippen molar-refractivity contribution in [1.29, 1.82) is 0 Å². The third-order valence-corrected chi connectivity index (χ3v) is 3.20. The maximum atomic E-state index is 12.4. The van der Waals surface area contributed by atoms with Gasteiger partial charge in [0.05, 0.1) is 24.1 Å². The highest BCUT2D eigenvalue weighted by atomic mass is 16.5. The summed E-state index contributed by atoms with van der Waals surface area (Å²) < 4.78 is 4.77. The second-order valence-electron chi connectivity index (χ2n) is 4.82.